The van der Waals surface area contributed by atoms with Gasteiger partial charge in [0, 0.05) is 0 Å². The second-order valence-corrected chi connectivity index (χ2v) is 7.45. The van der Waals surface area contributed by atoms with Crippen LogP contribution in [0, 0.1) is 17.2 Å². The van der Waals surface area contributed by atoms with Gasteiger partial charge in [0.15, 0.2) is 18.3 Å². The van der Waals surface area contributed by atoms with Gasteiger partial charge in [-0.25, -0.2) is 8.42 Å². The van der Waals surface area contributed by atoms with Crippen LogP contribution >= 0.6 is 0 Å². The molecule has 2 rings (SSSR count). The summed E-state index contributed by atoms with van der Waals surface area (Å²) in [6.07, 6.45) is 0. The smallest absolute Gasteiger partial charge is 0.321 e. The number of Topliss-reactive ketones (excluding diaryl/α,β-unsaturated/α-hetero) is 1. The van der Waals surface area contributed by atoms with Crippen LogP contribution in [0.1, 0.15) is 0 Å². The Morgan fingerprint density at radius 3 is 2.52 bits per heavy atom. The molecular formula is C18H18N3O5S+. The van der Waals surface area contributed by atoms with Crippen molar-refractivity contribution in [3.05, 3.63) is 54.7 Å². The molecule has 1 atom stereocenters. The monoisotopic (exact) mass is 388 g/mol. The number of ether oxygens (including phenoxy) is 1. The molecule has 0 heterocycles. The van der Waals surface area contributed by atoms with Gasteiger partial charge >= 0.3 is 5.97 Å². The highest BCUT2D eigenvalue weighted by molar-refractivity contribution is 7.89. The highest BCUT2D eigenvalue weighted by Gasteiger charge is 2.24. The zero-order chi connectivity index (χ0) is 20.0. The SMILES string of the molecule is C=C([NH3+])[C@@H](C#N)C(=O)COC(=O)CNS(=O)(=O)c1ccc2ccccc2c1. The van der Waals surface area contributed by atoms with Crippen LogP contribution in [0.3, 0.4) is 0 Å². The molecule has 140 valence electrons. The summed E-state index contributed by atoms with van der Waals surface area (Å²) >= 11 is 0. The molecule has 0 aliphatic heterocycles. The summed E-state index contributed by atoms with van der Waals surface area (Å²) in [4.78, 5) is 23.4. The van der Waals surface area contributed by atoms with E-state index < -0.39 is 40.8 Å². The molecule has 0 spiro atoms. The van der Waals surface area contributed by atoms with Gasteiger partial charge in [0.1, 0.15) is 12.2 Å². The first-order valence-electron chi connectivity index (χ1n) is 7.82. The minimum absolute atomic E-state index is 0.00276. The molecule has 0 aliphatic carbocycles. The number of nitriles is 1. The van der Waals surface area contributed by atoms with Crippen LogP contribution < -0.4 is 10.5 Å². The second kappa shape index (κ2) is 8.55. The van der Waals surface area contributed by atoms with E-state index in [1.165, 1.54) is 12.1 Å². The van der Waals surface area contributed by atoms with E-state index >= 15 is 0 Å². The Kier molecular flexibility index (Phi) is 6.41. The second-order valence-electron chi connectivity index (χ2n) is 5.68. The van der Waals surface area contributed by atoms with E-state index in [-0.39, 0.29) is 10.6 Å². The Morgan fingerprint density at radius 1 is 1.22 bits per heavy atom. The lowest BCUT2D eigenvalue weighted by Crippen LogP contribution is -2.51. The van der Waals surface area contributed by atoms with E-state index in [1.54, 1.807) is 24.3 Å². The number of sulfonamides is 1. The first kappa shape index (κ1) is 20.3. The summed E-state index contributed by atoms with van der Waals surface area (Å²) in [6, 6.07) is 13.5. The molecule has 0 bridgehead atoms. The van der Waals surface area contributed by atoms with Crippen LogP contribution in [0.15, 0.2) is 59.6 Å². The number of hydrogen-bond acceptors (Lipinski definition) is 6. The summed E-state index contributed by atoms with van der Waals surface area (Å²) < 4.78 is 31.5. The molecule has 4 N–H and O–H groups in total. The predicted octanol–water partition coefficient (Wildman–Crippen LogP) is 0.126. The third-order valence-electron chi connectivity index (χ3n) is 3.67. The fourth-order valence-corrected chi connectivity index (χ4v) is 3.25. The van der Waals surface area contributed by atoms with Gasteiger partial charge in [0.2, 0.25) is 10.0 Å². The van der Waals surface area contributed by atoms with Crippen molar-refractivity contribution in [3.63, 3.8) is 0 Å². The number of nitrogens with one attached hydrogen (secondary N) is 1. The number of esters is 1. The molecule has 0 unspecified atom stereocenters. The number of quaternary nitrogens is 1. The lowest BCUT2D eigenvalue weighted by molar-refractivity contribution is -0.309. The number of carbonyl (C=O) groups excluding carboxylic acids is 2. The Labute approximate surface area is 156 Å². The molecule has 0 radical (unpaired) electrons. The minimum Gasteiger partial charge on any atom is -0.457 e. The number of benzene rings is 2. The highest BCUT2D eigenvalue weighted by Crippen LogP contribution is 2.18. The Morgan fingerprint density at radius 2 is 1.89 bits per heavy atom. The molecule has 2 aromatic rings. The standard InChI is InChI=1S/C18H17N3O5S/c1-12(20)16(9-19)17(22)11-26-18(23)10-21-27(24,25)15-7-6-13-4-2-3-5-14(13)8-15/h2-8,16,21H,1,10-11,20H2/p+1/t16-/m1/s1. The summed E-state index contributed by atoms with van der Waals surface area (Å²) in [5, 5.41) is 10.5. The first-order valence-corrected chi connectivity index (χ1v) is 9.30. The lowest BCUT2D eigenvalue weighted by atomic mass is 10.0. The Hall–Kier alpha value is -3.06. The summed E-state index contributed by atoms with van der Waals surface area (Å²) in [6.45, 7) is 2.10. The summed E-state index contributed by atoms with van der Waals surface area (Å²) in [5.74, 6) is -2.80. The molecule has 27 heavy (non-hydrogen) atoms. The normalized spacial score (nSPS) is 12.1. The van der Waals surface area contributed by atoms with Gasteiger partial charge in [-0.05, 0) is 29.5 Å². The maximum Gasteiger partial charge on any atom is 0.321 e. The van der Waals surface area contributed by atoms with Crippen LogP contribution in [0.5, 0.6) is 0 Å². The summed E-state index contributed by atoms with van der Waals surface area (Å²) in [5.41, 5.74) is 3.50. The van der Waals surface area contributed by atoms with Gasteiger partial charge < -0.3 is 10.5 Å². The number of rotatable bonds is 8. The van der Waals surface area contributed by atoms with Gasteiger partial charge in [-0.1, -0.05) is 30.3 Å². The molecule has 0 saturated carbocycles. The average molecular weight is 388 g/mol. The molecule has 0 fully saturated rings. The van der Waals surface area contributed by atoms with E-state index in [9.17, 15) is 18.0 Å². The number of fused-ring (bicyclic) bond motifs is 1. The molecule has 0 saturated heterocycles. The Bertz CT molecular complexity index is 1040. The van der Waals surface area contributed by atoms with E-state index in [2.05, 4.69) is 17.0 Å². The minimum atomic E-state index is -3.93. The molecule has 0 aromatic heterocycles. The molecule has 0 amide bonds. The fourth-order valence-electron chi connectivity index (χ4n) is 2.25. The van der Waals surface area contributed by atoms with Crippen LogP contribution in [0.4, 0.5) is 0 Å². The van der Waals surface area contributed by atoms with Crippen LogP contribution in [-0.4, -0.2) is 33.3 Å². The van der Waals surface area contributed by atoms with Crippen molar-refractivity contribution in [2.24, 2.45) is 5.92 Å². The molecule has 8 nitrogen and oxygen atoms in total. The number of hydrogen-bond donors (Lipinski definition) is 2. The van der Waals surface area contributed by atoms with E-state index in [1.807, 2.05) is 12.1 Å². The van der Waals surface area contributed by atoms with E-state index in [0.29, 0.717) is 0 Å². The van der Waals surface area contributed by atoms with Crippen LogP contribution in [0.25, 0.3) is 10.8 Å². The summed E-state index contributed by atoms with van der Waals surface area (Å²) in [7, 11) is -3.93. The predicted molar refractivity (Wildman–Crippen MR) is 96.2 cm³/mol. The van der Waals surface area contributed by atoms with Crippen molar-refractivity contribution in [2.75, 3.05) is 13.2 Å². The third kappa shape index (κ3) is 5.21. The van der Waals surface area contributed by atoms with Crippen molar-refractivity contribution in [2.45, 2.75) is 4.90 Å². The van der Waals surface area contributed by atoms with Crippen molar-refractivity contribution in [1.82, 2.24) is 4.72 Å². The largest absolute Gasteiger partial charge is 0.457 e. The average Bonchev–Trinajstić information content (AvgIpc) is 2.64. The van der Waals surface area contributed by atoms with Gasteiger partial charge in [-0.2, -0.15) is 9.98 Å². The maximum atomic E-state index is 12.3. The van der Waals surface area contributed by atoms with Crippen LogP contribution in [0.2, 0.25) is 0 Å². The Balaban J connectivity index is 1.96. The molecule has 2 aromatic carbocycles. The zero-order valence-corrected chi connectivity index (χ0v) is 15.2. The quantitative estimate of drug-likeness (QED) is 0.616. The van der Waals surface area contributed by atoms with Crippen LogP contribution in [-0.2, 0) is 24.3 Å². The number of nitrogens with zero attached hydrogens (tertiary/aromatic N) is 1. The van der Waals surface area contributed by atoms with Crippen molar-refractivity contribution in [1.29, 1.82) is 5.26 Å². The van der Waals surface area contributed by atoms with E-state index in [4.69, 9.17) is 10.00 Å². The lowest BCUT2D eigenvalue weighted by Gasteiger charge is -2.09. The number of allylic oxidation sites excluding steroid dienone is 1. The van der Waals surface area contributed by atoms with Crippen molar-refractivity contribution >= 4 is 32.5 Å². The zero-order valence-electron chi connectivity index (χ0n) is 14.3. The third-order valence-corrected chi connectivity index (χ3v) is 5.07. The van der Waals surface area contributed by atoms with Gasteiger partial charge in [0.25, 0.3) is 0 Å². The number of carbonyl (C=O) groups is 2. The van der Waals surface area contributed by atoms with E-state index in [0.717, 1.165) is 10.8 Å². The van der Waals surface area contributed by atoms with Gasteiger partial charge in [-0.3, -0.25) is 9.59 Å². The fraction of sp³-hybridized carbons (Fsp3) is 0.167. The van der Waals surface area contributed by atoms with Gasteiger partial charge in [-0.15, -0.1) is 0 Å². The molecule has 0 aliphatic rings. The van der Waals surface area contributed by atoms with Gasteiger partial charge in [0.05, 0.1) is 11.0 Å². The molecular weight excluding hydrogens is 370 g/mol. The van der Waals surface area contributed by atoms with Crippen molar-refractivity contribution < 1.29 is 28.5 Å². The number of ketones is 1. The first-order chi connectivity index (χ1) is 12.7. The maximum absolute atomic E-state index is 12.3. The molecule has 9 heteroatoms. The topological polar surface area (TPSA) is 141 Å². The van der Waals surface area contributed by atoms with Crippen molar-refractivity contribution in [3.8, 4) is 6.07 Å². The highest BCUT2D eigenvalue weighted by atomic mass is 32.2.